The molecule has 1 aromatic carbocycles. The highest BCUT2D eigenvalue weighted by atomic mass is 16.3. The van der Waals surface area contributed by atoms with Crippen LogP contribution in [0.4, 0.5) is 0 Å². The van der Waals surface area contributed by atoms with Gasteiger partial charge in [0.2, 0.25) is 0 Å². The number of nitrogens with zero attached hydrogens (tertiary/aromatic N) is 1. The average molecular weight is 305 g/mol. The van der Waals surface area contributed by atoms with Gasteiger partial charge in [-0.1, -0.05) is 30.3 Å². The second kappa shape index (κ2) is 8.91. The summed E-state index contributed by atoms with van der Waals surface area (Å²) in [5.41, 5.74) is 1.46. The maximum Gasteiger partial charge on any atom is 0.290 e. The zero-order chi connectivity index (χ0) is 15.8. The third-order valence-electron chi connectivity index (χ3n) is 4.83. The summed E-state index contributed by atoms with van der Waals surface area (Å²) >= 11 is 0. The Labute approximate surface area is 132 Å². The molecule has 122 valence electrons. The SMILES string of the molecule is O=CO.OC1C[C@@H]2CN(CCCCc3ccccc3)C[C@@H]2C1. The van der Waals surface area contributed by atoms with Crippen LogP contribution < -0.4 is 0 Å². The molecule has 0 aromatic heterocycles. The lowest BCUT2D eigenvalue weighted by atomic mass is 10.0. The van der Waals surface area contributed by atoms with Crippen molar-refractivity contribution in [2.75, 3.05) is 19.6 Å². The van der Waals surface area contributed by atoms with Crippen molar-refractivity contribution in [3.8, 4) is 0 Å². The van der Waals surface area contributed by atoms with Crippen LogP contribution in [0.1, 0.15) is 31.2 Å². The second-order valence-corrected chi connectivity index (χ2v) is 6.45. The number of fused-ring (bicyclic) bond motifs is 1. The quantitative estimate of drug-likeness (QED) is 0.648. The molecule has 2 N–H and O–H groups in total. The number of aliphatic hydroxyl groups is 1. The van der Waals surface area contributed by atoms with Crippen LogP contribution in [0.25, 0.3) is 0 Å². The number of carbonyl (C=O) groups is 1. The van der Waals surface area contributed by atoms with E-state index < -0.39 is 0 Å². The number of likely N-dealkylation sites (tertiary alicyclic amines) is 1. The average Bonchev–Trinajstić information content (AvgIpc) is 3.02. The van der Waals surface area contributed by atoms with Crippen LogP contribution in [0.3, 0.4) is 0 Å². The third-order valence-corrected chi connectivity index (χ3v) is 4.83. The molecular formula is C18H27NO3. The number of rotatable bonds is 5. The van der Waals surface area contributed by atoms with Gasteiger partial charge in [0, 0.05) is 13.1 Å². The second-order valence-electron chi connectivity index (χ2n) is 6.45. The van der Waals surface area contributed by atoms with Crippen molar-refractivity contribution >= 4 is 6.47 Å². The van der Waals surface area contributed by atoms with E-state index in [-0.39, 0.29) is 12.6 Å². The van der Waals surface area contributed by atoms with E-state index in [2.05, 4.69) is 35.2 Å². The van der Waals surface area contributed by atoms with Gasteiger partial charge in [-0.05, 0) is 56.0 Å². The van der Waals surface area contributed by atoms with Gasteiger partial charge in [-0.25, -0.2) is 0 Å². The van der Waals surface area contributed by atoms with Gasteiger partial charge in [0.1, 0.15) is 0 Å². The third kappa shape index (κ3) is 5.11. The molecular weight excluding hydrogens is 278 g/mol. The summed E-state index contributed by atoms with van der Waals surface area (Å²) in [7, 11) is 0. The maximum absolute atomic E-state index is 9.64. The molecule has 2 fully saturated rings. The molecule has 2 aliphatic rings. The standard InChI is InChI=1S/C17H25NO.CH2O2/c19-17-10-15-12-18(13-16(15)11-17)9-5-4-8-14-6-2-1-3-7-14;2-1-3/h1-3,6-7,15-17,19H,4-5,8-13H2;1H,(H,2,3)/t15-,16+,17?;. The predicted molar refractivity (Wildman–Crippen MR) is 86.7 cm³/mol. The van der Waals surface area contributed by atoms with Crippen molar-refractivity contribution in [3.63, 3.8) is 0 Å². The van der Waals surface area contributed by atoms with Crippen molar-refractivity contribution in [3.05, 3.63) is 35.9 Å². The Morgan fingerprint density at radius 3 is 2.27 bits per heavy atom. The Bertz CT molecular complexity index is 423. The number of hydrogen-bond donors (Lipinski definition) is 2. The highest BCUT2D eigenvalue weighted by Crippen LogP contribution is 2.37. The Hall–Kier alpha value is -1.39. The van der Waals surface area contributed by atoms with Gasteiger partial charge in [0.15, 0.2) is 0 Å². The van der Waals surface area contributed by atoms with Gasteiger partial charge in [0.25, 0.3) is 6.47 Å². The molecule has 4 heteroatoms. The van der Waals surface area contributed by atoms with E-state index in [9.17, 15) is 5.11 Å². The Kier molecular flexibility index (Phi) is 6.87. The fourth-order valence-corrected chi connectivity index (χ4v) is 3.86. The molecule has 22 heavy (non-hydrogen) atoms. The summed E-state index contributed by atoms with van der Waals surface area (Å²) in [6, 6.07) is 10.8. The van der Waals surface area contributed by atoms with Gasteiger partial charge in [-0.3, -0.25) is 4.79 Å². The minimum atomic E-state index is -0.250. The number of aryl methyl sites for hydroxylation is 1. The monoisotopic (exact) mass is 305 g/mol. The van der Waals surface area contributed by atoms with Crippen LogP contribution in [0.5, 0.6) is 0 Å². The molecule has 3 atom stereocenters. The lowest BCUT2D eigenvalue weighted by Crippen LogP contribution is -2.24. The van der Waals surface area contributed by atoms with E-state index >= 15 is 0 Å². The topological polar surface area (TPSA) is 60.8 Å². The van der Waals surface area contributed by atoms with E-state index in [0.29, 0.717) is 0 Å². The van der Waals surface area contributed by atoms with E-state index in [1.54, 1.807) is 0 Å². The fraction of sp³-hybridized carbons (Fsp3) is 0.611. The molecule has 0 radical (unpaired) electrons. The summed E-state index contributed by atoms with van der Waals surface area (Å²) in [4.78, 5) is 11.0. The first-order valence-corrected chi connectivity index (χ1v) is 8.25. The smallest absolute Gasteiger partial charge is 0.290 e. The molecule has 1 aromatic rings. The Morgan fingerprint density at radius 2 is 1.68 bits per heavy atom. The Balaban J connectivity index is 0.000000545. The summed E-state index contributed by atoms with van der Waals surface area (Å²) in [6.45, 7) is 3.45. The molecule has 0 bridgehead atoms. The lowest BCUT2D eigenvalue weighted by molar-refractivity contribution is -0.122. The molecule has 0 spiro atoms. The van der Waals surface area contributed by atoms with E-state index in [0.717, 1.165) is 24.7 Å². The molecule has 1 saturated heterocycles. The molecule has 1 aliphatic carbocycles. The first-order chi connectivity index (χ1) is 10.7. The van der Waals surface area contributed by atoms with Crippen LogP contribution in [0, 0.1) is 11.8 Å². The van der Waals surface area contributed by atoms with Crippen LogP contribution >= 0.6 is 0 Å². The van der Waals surface area contributed by atoms with Crippen molar-refractivity contribution in [2.24, 2.45) is 11.8 Å². The van der Waals surface area contributed by atoms with Gasteiger partial charge >= 0.3 is 0 Å². The molecule has 1 aliphatic heterocycles. The molecule has 1 saturated carbocycles. The zero-order valence-corrected chi connectivity index (χ0v) is 13.1. The Morgan fingerprint density at radius 1 is 1.09 bits per heavy atom. The molecule has 4 nitrogen and oxygen atoms in total. The number of hydrogen-bond acceptors (Lipinski definition) is 3. The van der Waals surface area contributed by atoms with Gasteiger partial charge in [-0.2, -0.15) is 0 Å². The highest BCUT2D eigenvalue weighted by Gasteiger charge is 2.39. The van der Waals surface area contributed by atoms with Crippen molar-refractivity contribution in [1.29, 1.82) is 0 Å². The van der Waals surface area contributed by atoms with Crippen molar-refractivity contribution < 1.29 is 15.0 Å². The maximum atomic E-state index is 9.64. The van der Waals surface area contributed by atoms with Crippen molar-refractivity contribution in [1.82, 2.24) is 4.90 Å². The zero-order valence-electron chi connectivity index (χ0n) is 13.1. The number of unbranched alkanes of at least 4 members (excludes halogenated alkanes) is 1. The van der Waals surface area contributed by atoms with Gasteiger partial charge < -0.3 is 15.1 Å². The minimum Gasteiger partial charge on any atom is -0.483 e. The number of benzene rings is 1. The molecule has 3 rings (SSSR count). The summed E-state index contributed by atoms with van der Waals surface area (Å²) in [5, 5.41) is 16.5. The number of aliphatic hydroxyl groups excluding tert-OH is 1. The minimum absolute atomic E-state index is 0.00442. The first-order valence-electron chi connectivity index (χ1n) is 8.25. The highest BCUT2D eigenvalue weighted by molar-refractivity contribution is 5.32. The summed E-state index contributed by atoms with van der Waals surface area (Å²) < 4.78 is 0. The van der Waals surface area contributed by atoms with Gasteiger partial charge in [0.05, 0.1) is 6.10 Å². The van der Waals surface area contributed by atoms with Crippen LogP contribution in [-0.2, 0) is 11.2 Å². The van der Waals surface area contributed by atoms with E-state index in [1.165, 1.54) is 44.5 Å². The van der Waals surface area contributed by atoms with Crippen LogP contribution in [0.2, 0.25) is 0 Å². The fourth-order valence-electron chi connectivity index (χ4n) is 3.86. The van der Waals surface area contributed by atoms with Crippen molar-refractivity contribution in [2.45, 2.75) is 38.2 Å². The molecule has 0 amide bonds. The van der Waals surface area contributed by atoms with Crippen LogP contribution in [-0.4, -0.2) is 47.3 Å². The summed E-state index contributed by atoms with van der Waals surface area (Å²) in [6.07, 6.45) is 5.89. The largest absolute Gasteiger partial charge is 0.483 e. The lowest BCUT2D eigenvalue weighted by Gasteiger charge is -2.17. The molecule has 1 heterocycles. The number of carboxylic acid groups (broad SMARTS) is 1. The summed E-state index contributed by atoms with van der Waals surface area (Å²) in [5.74, 6) is 1.56. The predicted octanol–water partition coefficient (Wildman–Crippen LogP) is 2.41. The van der Waals surface area contributed by atoms with Gasteiger partial charge in [-0.15, -0.1) is 0 Å². The van der Waals surface area contributed by atoms with E-state index in [1.807, 2.05) is 0 Å². The van der Waals surface area contributed by atoms with Crippen LogP contribution in [0.15, 0.2) is 30.3 Å². The first kappa shape index (κ1) is 17.0. The molecule has 1 unspecified atom stereocenters. The van der Waals surface area contributed by atoms with E-state index in [4.69, 9.17) is 9.90 Å². The normalized spacial score (nSPS) is 27.0.